The summed E-state index contributed by atoms with van der Waals surface area (Å²) in [6, 6.07) is 20.2. The third kappa shape index (κ3) is 4.35. The Morgan fingerprint density at radius 3 is 2.56 bits per heavy atom. The molecule has 1 heterocycles. The van der Waals surface area contributed by atoms with Gasteiger partial charge in [0.05, 0.1) is 16.4 Å². The van der Waals surface area contributed by atoms with Crippen molar-refractivity contribution in [2.24, 2.45) is 0 Å². The average molecular weight is 447 g/mol. The molecule has 10 heteroatoms. The first-order chi connectivity index (χ1) is 15.6. The first-order valence-electron chi connectivity index (χ1n) is 9.65. The van der Waals surface area contributed by atoms with E-state index < -0.39 is 4.92 Å². The molecule has 4 aromatic rings. The fourth-order valence-corrected chi connectivity index (χ4v) is 3.92. The van der Waals surface area contributed by atoms with Crippen LogP contribution in [0.3, 0.4) is 0 Å². The summed E-state index contributed by atoms with van der Waals surface area (Å²) in [6.45, 7) is 2.33. The highest BCUT2D eigenvalue weighted by molar-refractivity contribution is 7.99. The second kappa shape index (κ2) is 9.40. The number of hydrogen-bond acceptors (Lipinski definition) is 8. The van der Waals surface area contributed by atoms with Crippen molar-refractivity contribution < 1.29 is 14.5 Å². The van der Waals surface area contributed by atoms with Gasteiger partial charge >= 0.3 is 0 Å². The maximum Gasteiger partial charge on any atom is 0.284 e. The number of tetrazole rings is 1. The van der Waals surface area contributed by atoms with E-state index in [9.17, 15) is 14.9 Å². The van der Waals surface area contributed by atoms with E-state index in [1.165, 1.54) is 16.8 Å². The van der Waals surface area contributed by atoms with Gasteiger partial charge in [0.25, 0.3) is 5.69 Å². The topological polar surface area (TPSA) is 113 Å². The molecular formula is C22H17N5O4S. The van der Waals surface area contributed by atoms with Gasteiger partial charge in [0.1, 0.15) is 11.4 Å². The first kappa shape index (κ1) is 21.2. The fraction of sp³-hybridized carbons (Fsp3) is 0.0909. The number of ketones is 1. The minimum Gasteiger partial charge on any atom is -0.492 e. The Kier molecular flexibility index (Phi) is 6.22. The van der Waals surface area contributed by atoms with Crippen LogP contribution in [0.1, 0.15) is 22.8 Å². The molecular weight excluding hydrogens is 430 g/mol. The molecule has 4 rings (SSSR count). The van der Waals surface area contributed by atoms with Crippen LogP contribution >= 0.6 is 11.8 Å². The minimum atomic E-state index is -0.521. The summed E-state index contributed by atoms with van der Waals surface area (Å²) < 4.78 is 7.10. The molecule has 0 bridgehead atoms. The number of carbonyl (C=O) groups is 1. The van der Waals surface area contributed by atoms with Crippen LogP contribution in [0.2, 0.25) is 0 Å². The van der Waals surface area contributed by atoms with Crippen LogP contribution in [-0.4, -0.2) is 37.5 Å². The molecule has 0 atom stereocenters. The second-order valence-corrected chi connectivity index (χ2v) is 7.52. The molecule has 0 spiro atoms. The van der Waals surface area contributed by atoms with Crippen molar-refractivity contribution in [3.05, 3.63) is 94.0 Å². The number of rotatable bonds is 8. The molecule has 0 amide bonds. The van der Waals surface area contributed by atoms with Crippen molar-refractivity contribution in [1.82, 2.24) is 20.2 Å². The summed E-state index contributed by atoms with van der Waals surface area (Å²) in [6.07, 6.45) is 0. The maximum atomic E-state index is 12.7. The molecule has 32 heavy (non-hydrogen) atoms. The fourth-order valence-electron chi connectivity index (χ4n) is 3.05. The van der Waals surface area contributed by atoms with E-state index in [2.05, 4.69) is 15.5 Å². The minimum absolute atomic E-state index is 0.204. The lowest BCUT2D eigenvalue weighted by Gasteiger charge is -2.10. The number of hydrogen-bond donors (Lipinski definition) is 0. The van der Waals surface area contributed by atoms with Gasteiger partial charge in [-0.2, -0.15) is 4.68 Å². The third-order valence-corrected chi connectivity index (χ3v) is 5.49. The SMILES string of the molecule is CCOc1ccccc1-n1nnnc1Sc1ccc(C(=O)c2ccccc2)cc1[N+](=O)[O-]. The highest BCUT2D eigenvalue weighted by Crippen LogP contribution is 2.36. The average Bonchev–Trinajstić information content (AvgIpc) is 3.28. The number of nitro benzene ring substituents is 1. The van der Waals surface area contributed by atoms with Crippen LogP contribution in [0.15, 0.2) is 82.8 Å². The van der Waals surface area contributed by atoms with Gasteiger partial charge in [-0.15, -0.1) is 5.10 Å². The number of para-hydroxylation sites is 2. The van der Waals surface area contributed by atoms with E-state index in [-0.39, 0.29) is 17.0 Å². The highest BCUT2D eigenvalue weighted by atomic mass is 32.2. The monoisotopic (exact) mass is 447 g/mol. The van der Waals surface area contributed by atoms with Gasteiger partial charge in [-0.25, -0.2) is 0 Å². The van der Waals surface area contributed by atoms with Crippen molar-refractivity contribution in [3.63, 3.8) is 0 Å². The zero-order valence-corrected chi connectivity index (χ0v) is 17.7. The molecule has 0 fully saturated rings. The summed E-state index contributed by atoms with van der Waals surface area (Å²) in [5.74, 6) is 0.295. The van der Waals surface area contributed by atoms with Crippen LogP contribution in [0.25, 0.3) is 5.69 Å². The van der Waals surface area contributed by atoms with Gasteiger partial charge in [-0.1, -0.05) is 42.5 Å². The van der Waals surface area contributed by atoms with Crippen LogP contribution < -0.4 is 4.74 Å². The van der Waals surface area contributed by atoms with Crippen molar-refractivity contribution in [3.8, 4) is 11.4 Å². The summed E-state index contributed by atoms with van der Waals surface area (Å²) in [7, 11) is 0. The van der Waals surface area contributed by atoms with Crippen molar-refractivity contribution >= 4 is 23.2 Å². The first-order valence-corrected chi connectivity index (χ1v) is 10.5. The smallest absolute Gasteiger partial charge is 0.284 e. The van der Waals surface area contributed by atoms with Crippen LogP contribution in [0, 0.1) is 10.1 Å². The number of carbonyl (C=O) groups excluding carboxylic acids is 1. The maximum absolute atomic E-state index is 12.7. The van der Waals surface area contributed by atoms with Crippen LogP contribution in [0.5, 0.6) is 5.75 Å². The summed E-state index contributed by atoms with van der Waals surface area (Å²) in [5.41, 5.74) is 1.09. The van der Waals surface area contributed by atoms with E-state index in [1.54, 1.807) is 48.5 Å². The van der Waals surface area contributed by atoms with Crippen molar-refractivity contribution in [2.75, 3.05) is 6.61 Å². The molecule has 0 aliphatic carbocycles. The normalized spacial score (nSPS) is 10.7. The Labute approximate surface area is 187 Å². The quantitative estimate of drug-likeness (QED) is 0.222. The Morgan fingerprint density at radius 1 is 1.06 bits per heavy atom. The van der Waals surface area contributed by atoms with Crippen molar-refractivity contribution in [1.29, 1.82) is 0 Å². The predicted octanol–water partition coefficient (Wildman–Crippen LogP) is 4.35. The summed E-state index contributed by atoms with van der Waals surface area (Å²) >= 11 is 1.03. The van der Waals surface area contributed by atoms with Gasteiger partial charge in [-0.3, -0.25) is 14.9 Å². The zero-order valence-electron chi connectivity index (χ0n) is 16.9. The van der Waals surface area contributed by atoms with Crippen LogP contribution in [0.4, 0.5) is 5.69 Å². The summed E-state index contributed by atoms with van der Waals surface area (Å²) in [4.78, 5) is 24.3. The molecule has 1 aromatic heterocycles. The molecule has 0 N–H and O–H groups in total. The largest absolute Gasteiger partial charge is 0.492 e. The number of nitro groups is 1. The third-order valence-electron chi connectivity index (χ3n) is 4.49. The number of nitrogens with zero attached hydrogens (tertiary/aromatic N) is 5. The van der Waals surface area contributed by atoms with Gasteiger partial charge < -0.3 is 4.74 Å². The molecule has 160 valence electrons. The standard InChI is InChI=1S/C22H17N5O4S/c1-2-31-19-11-7-6-10-17(19)26-22(23-24-25-26)32-20-13-12-16(14-18(20)27(29)30)21(28)15-8-4-3-5-9-15/h3-14H,2H2,1H3. The van der Waals surface area contributed by atoms with Crippen LogP contribution in [-0.2, 0) is 0 Å². The molecule has 0 aliphatic rings. The lowest BCUT2D eigenvalue weighted by atomic mass is 10.0. The molecule has 0 saturated carbocycles. The predicted molar refractivity (Wildman–Crippen MR) is 117 cm³/mol. The van der Waals surface area contributed by atoms with E-state index in [0.717, 1.165) is 11.8 Å². The Morgan fingerprint density at radius 2 is 1.81 bits per heavy atom. The van der Waals surface area contributed by atoms with E-state index in [1.807, 2.05) is 19.1 Å². The Hall–Kier alpha value is -4.05. The van der Waals surface area contributed by atoms with E-state index in [0.29, 0.717) is 33.7 Å². The number of aromatic nitrogens is 4. The molecule has 9 nitrogen and oxygen atoms in total. The molecule has 0 radical (unpaired) electrons. The lowest BCUT2D eigenvalue weighted by Crippen LogP contribution is -2.04. The number of ether oxygens (including phenoxy) is 1. The zero-order chi connectivity index (χ0) is 22.5. The van der Waals surface area contributed by atoms with E-state index >= 15 is 0 Å². The van der Waals surface area contributed by atoms with Crippen molar-refractivity contribution in [2.45, 2.75) is 17.0 Å². The van der Waals surface area contributed by atoms with Gasteiger partial charge in [-0.05, 0) is 53.4 Å². The Bertz CT molecular complexity index is 1280. The second-order valence-electron chi connectivity index (χ2n) is 6.51. The molecule has 0 aliphatic heterocycles. The molecule has 0 saturated heterocycles. The molecule has 0 unspecified atom stereocenters. The Balaban J connectivity index is 1.69. The summed E-state index contributed by atoms with van der Waals surface area (Å²) in [5, 5.41) is 23.8. The van der Waals surface area contributed by atoms with Gasteiger partial charge in [0, 0.05) is 17.2 Å². The highest BCUT2D eigenvalue weighted by Gasteiger charge is 2.22. The van der Waals surface area contributed by atoms with Gasteiger partial charge in [0.15, 0.2) is 5.78 Å². The lowest BCUT2D eigenvalue weighted by molar-refractivity contribution is -0.387. The van der Waals surface area contributed by atoms with Gasteiger partial charge in [0.2, 0.25) is 5.16 Å². The van der Waals surface area contributed by atoms with E-state index in [4.69, 9.17) is 4.74 Å². The number of benzene rings is 3. The molecule has 3 aromatic carbocycles.